The fraction of sp³-hybridized carbons (Fsp3) is 0.189. The summed E-state index contributed by atoms with van der Waals surface area (Å²) >= 11 is 0. The average Bonchev–Trinajstić information content (AvgIpc) is 3.41. The second-order valence-electron chi connectivity index (χ2n) is 12.4. The number of anilines is 3. The van der Waals surface area contributed by atoms with Crippen LogP contribution in [-0.4, -0.2) is 0 Å². The van der Waals surface area contributed by atoms with Gasteiger partial charge in [0.05, 0.1) is 0 Å². The first-order valence-corrected chi connectivity index (χ1v) is 14.0. The minimum Gasteiger partial charge on any atom is -0.454 e. The van der Waals surface area contributed by atoms with E-state index >= 15 is 8.78 Å². The Labute approximate surface area is 238 Å². The molecule has 0 saturated heterocycles. The zero-order valence-corrected chi connectivity index (χ0v) is 23.6. The van der Waals surface area contributed by atoms with Crippen molar-refractivity contribution in [1.82, 2.24) is 0 Å². The fourth-order valence-corrected chi connectivity index (χ4v) is 6.92. The van der Waals surface area contributed by atoms with Crippen LogP contribution in [0.1, 0.15) is 45.2 Å². The quantitative estimate of drug-likeness (QED) is 0.220. The fourth-order valence-electron chi connectivity index (χ4n) is 6.92. The highest BCUT2D eigenvalue weighted by atomic mass is 19.2. The van der Waals surface area contributed by atoms with Crippen molar-refractivity contribution in [2.75, 3.05) is 4.90 Å². The van der Waals surface area contributed by atoms with Gasteiger partial charge in [-0.3, -0.25) is 0 Å². The Kier molecular flexibility index (Phi) is 5.62. The van der Waals surface area contributed by atoms with Crippen LogP contribution in [0.4, 0.5) is 25.8 Å². The Morgan fingerprint density at radius 1 is 0.634 bits per heavy atom. The number of fused-ring (bicyclic) bond motifs is 4. The Morgan fingerprint density at radius 3 is 1.85 bits per heavy atom. The van der Waals surface area contributed by atoms with Crippen molar-refractivity contribution in [1.29, 1.82) is 0 Å². The molecule has 4 heteroatoms. The van der Waals surface area contributed by atoms with Crippen LogP contribution < -0.4 is 4.90 Å². The molecule has 1 aliphatic carbocycles. The molecule has 2 nitrogen and oxygen atoms in total. The summed E-state index contributed by atoms with van der Waals surface area (Å²) in [6.45, 7) is 8.99. The largest absolute Gasteiger partial charge is 0.454 e. The van der Waals surface area contributed by atoms with Crippen LogP contribution >= 0.6 is 0 Å². The molecule has 6 aromatic rings. The van der Waals surface area contributed by atoms with E-state index in [2.05, 4.69) is 39.8 Å². The number of para-hydroxylation sites is 1. The van der Waals surface area contributed by atoms with Gasteiger partial charge in [-0.1, -0.05) is 88.4 Å². The highest BCUT2D eigenvalue weighted by Gasteiger charge is 2.42. The highest BCUT2D eigenvalue weighted by molar-refractivity contribution is 6.11. The molecular formula is C37H31F2NO. The summed E-state index contributed by atoms with van der Waals surface area (Å²) < 4.78 is 38.0. The molecule has 0 unspecified atom stereocenters. The lowest BCUT2D eigenvalue weighted by Crippen LogP contribution is -2.17. The van der Waals surface area contributed by atoms with Crippen molar-refractivity contribution in [3.05, 3.63) is 126 Å². The lowest BCUT2D eigenvalue weighted by Gasteiger charge is -2.26. The third kappa shape index (κ3) is 4.04. The number of rotatable bonds is 4. The molecule has 0 amide bonds. The molecule has 0 atom stereocenters. The predicted molar refractivity (Wildman–Crippen MR) is 164 cm³/mol. The zero-order valence-electron chi connectivity index (χ0n) is 23.6. The maximum Gasteiger partial charge on any atom is 0.186 e. The highest BCUT2D eigenvalue weighted by Crippen LogP contribution is 2.52. The van der Waals surface area contributed by atoms with Gasteiger partial charge in [-0.05, 0) is 82.0 Å². The van der Waals surface area contributed by atoms with E-state index in [0.29, 0.717) is 27.9 Å². The SMILES string of the molecule is CC1(C)CC(C)(C)c2cc3c(cc21)oc1c(N(c2ccccc2)c2ccc(-c4ccccc4)cc2)c(F)c(F)cc13. The van der Waals surface area contributed by atoms with Crippen LogP contribution in [0.3, 0.4) is 0 Å². The summed E-state index contributed by atoms with van der Waals surface area (Å²) in [7, 11) is 0. The molecule has 0 aliphatic heterocycles. The van der Waals surface area contributed by atoms with E-state index in [4.69, 9.17) is 4.42 Å². The van der Waals surface area contributed by atoms with Gasteiger partial charge in [-0.15, -0.1) is 0 Å². The summed E-state index contributed by atoms with van der Waals surface area (Å²) in [6.07, 6.45) is 1.01. The molecule has 1 aliphatic rings. The van der Waals surface area contributed by atoms with Gasteiger partial charge in [0.2, 0.25) is 0 Å². The molecule has 1 aromatic heterocycles. The van der Waals surface area contributed by atoms with Gasteiger partial charge in [-0.25, -0.2) is 8.78 Å². The second-order valence-corrected chi connectivity index (χ2v) is 12.4. The average molecular weight is 544 g/mol. The van der Waals surface area contributed by atoms with E-state index in [0.717, 1.165) is 22.9 Å². The maximum absolute atomic E-state index is 16.0. The molecule has 7 rings (SSSR count). The van der Waals surface area contributed by atoms with Crippen LogP contribution in [0.25, 0.3) is 33.1 Å². The van der Waals surface area contributed by atoms with E-state index in [9.17, 15) is 0 Å². The molecule has 5 aromatic carbocycles. The Balaban J connectivity index is 1.48. The van der Waals surface area contributed by atoms with Crippen molar-refractivity contribution >= 4 is 39.0 Å². The molecule has 0 saturated carbocycles. The Morgan fingerprint density at radius 2 is 1.20 bits per heavy atom. The van der Waals surface area contributed by atoms with Crippen molar-refractivity contribution in [2.24, 2.45) is 0 Å². The summed E-state index contributed by atoms with van der Waals surface area (Å²) in [5, 5.41) is 1.37. The smallest absolute Gasteiger partial charge is 0.186 e. The van der Waals surface area contributed by atoms with E-state index in [1.807, 2.05) is 84.9 Å². The van der Waals surface area contributed by atoms with Gasteiger partial charge in [0.25, 0.3) is 0 Å². The van der Waals surface area contributed by atoms with Gasteiger partial charge in [-0.2, -0.15) is 0 Å². The van der Waals surface area contributed by atoms with Crippen molar-refractivity contribution in [3.8, 4) is 11.1 Å². The zero-order chi connectivity index (χ0) is 28.5. The lowest BCUT2D eigenvalue weighted by molar-refractivity contribution is 0.403. The van der Waals surface area contributed by atoms with Gasteiger partial charge in [0.1, 0.15) is 11.3 Å². The lowest BCUT2D eigenvalue weighted by atomic mass is 9.82. The van der Waals surface area contributed by atoms with Crippen molar-refractivity contribution in [3.63, 3.8) is 0 Å². The molecule has 0 fully saturated rings. The number of nitrogens with zero attached hydrogens (tertiary/aromatic N) is 1. The first kappa shape index (κ1) is 25.5. The van der Waals surface area contributed by atoms with Crippen molar-refractivity contribution < 1.29 is 13.2 Å². The van der Waals surface area contributed by atoms with Gasteiger partial charge in [0, 0.05) is 22.1 Å². The topological polar surface area (TPSA) is 16.4 Å². The number of hydrogen-bond acceptors (Lipinski definition) is 2. The summed E-state index contributed by atoms with van der Waals surface area (Å²) in [5.41, 5.74) is 6.97. The Bertz CT molecular complexity index is 1920. The van der Waals surface area contributed by atoms with Crippen LogP contribution in [0.5, 0.6) is 0 Å². The van der Waals surface area contributed by atoms with Crippen LogP contribution in [0.15, 0.2) is 108 Å². The third-order valence-corrected chi connectivity index (χ3v) is 8.58. The normalized spacial score (nSPS) is 15.4. The third-order valence-electron chi connectivity index (χ3n) is 8.58. The molecule has 1 heterocycles. The minimum atomic E-state index is -0.944. The molecule has 204 valence electrons. The number of benzene rings is 5. The van der Waals surface area contributed by atoms with Crippen LogP contribution in [-0.2, 0) is 10.8 Å². The first-order chi connectivity index (χ1) is 19.6. The van der Waals surface area contributed by atoms with E-state index in [1.54, 1.807) is 4.90 Å². The van der Waals surface area contributed by atoms with Gasteiger partial charge >= 0.3 is 0 Å². The molecule has 41 heavy (non-hydrogen) atoms. The number of furan rings is 1. The van der Waals surface area contributed by atoms with E-state index in [1.165, 1.54) is 17.2 Å². The Hall–Kier alpha value is -4.44. The standard InChI is InChI=1S/C37H31F2NO/c1-36(2)22-37(3,4)30-21-32-27(19-29(30)36)28-20-31(38)33(39)34(35(28)41-32)40(25-13-9-6-10-14-25)26-17-15-24(16-18-26)23-11-7-5-8-12-23/h5-21H,22H2,1-4H3. The van der Waals surface area contributed by atoms with Crippen molar-refractivity contribution in [2.45, 2.75) is 44.9 Å². The molecule has 0 N–H and O–H groups in total. The monoisotopic (exact) mass is 543 g/mol. The van der Waals surface area contributed by atoms with Crippen LogP contribution in [0.2, 0.25) is 0 Å². The van der Waals surface area contributed by atoms with E-state index < -0.39 is 11.6 Å². The number of halogens is 2. The summed E-state index contributed by atoms with van der Waals surface area (Å²) in [4.78, 5) is 1.75. The molecular weight excluding hydrogens is 512 g/mol. The van der Waals surface area contributed by atoms with Crippen LogP contribution in [0, 0.1) is 11.6 Å². The molecule has 0 bridgehead atoms. The minimum absolute atomic E-state index is 0.0259. The predicted octanol–water partition coefficient (Wildman–Crippen LogP) is 11.0. The molecule has 0 spiro atoms. The molecule has 0 radical (unpaired) electrons. The van der Waals surface area contributed by atoms with Gasteiger partial charge in [0.15, 0.2) is 17.2 Å². The second kappa shape index (κ2) is 9.04. The maximum atomic E-state index is 16.0. The van der Waals surface area contributed by atoms with E-state index in [-0.39, 0.29) is 16.5 Å². The summed E-state index contributed by atoms with van der Waals surface area (Å²) in [5.74, 6) is -1.85. The summed E-state index contributed by atoms with van der Waals surface area (Å²) in [6, 6.07) is 32.9. The van der Waals surface area contributed by atoms with Gasteiger partial charge < -0.3 is 9.32 Å². The first-order valence-electron chi connectivity index (χ1n) is 14.0. The number of hydrogen-bond donors (Lipinski definition) is 0.